The second-order valence-electron chi connectivity index (χ2n) is 3.47. The van der Waals surface area contributed by atoms with Crippen LogP contribution in [0, 0.1) is 13.8 Å². The molecule has 0 unspecified atom stereocenters. The maximum atomic E-state index is 13.4. The Morgan fingerprint density at radius 1 is 1.21 bits per heavy atom. The highest BCUT2D eigenvalue weighted by molar-refractivity contribution is 6.33. The van der Waals surface area contributed by atoms with Crippen LogP contribution in [0.3, 0.4) is 0 Å². The second-order valence-corrected chi connectivity index (χ2v) is 4.01. The van der Waals surface area contributed by atoms with Gasteiger partial charge in [0.05, 0.1) is 10.2 Å². The van der Waals surface area contributed by atoms with Gasteiger partial charge in [0.15, 0.2) is 0 Å². The molecule has 0 amide bonds. The number of hydrogen-bond acceptors (Lipinski definition) is 0. The molecular weight excluding hydrogens is 198 g/mol. The van der Waals surface area contributed by atoms with Crippen LogP contribution in [0.5, 0.6) is 0 Å². The summed E-state index contributed by atoms with van der Waals surface area (Å²) < 4.78 is 26.9. The fourth-order valence-electron chi connectivity index (χ4n) is 1.41. The SMILES string of the molecule is CCC(F)(F)c1ccc([Si])c(C)c1C. The lowest BCUT2D eigenvalue weighted by atomic mass is 9.97. The van der Waals surface area contributed by atoms with Gasteiger partial charge in [-0.2, -0.15) is 0 Å². The summed E-state index contributed by atoms with van der Waals surface area (Å²) in [5.74, 6) is -2.71. The van der Waals surface area contributed by atoms with Crippen molar-refractivity contribution in [2.24, 2.45) is 0 Å². The van der Waals surface area contributed by atoms with Crippen LogP contribution < -0.4 is 5.19 Å². The molecule has 0 aromatic heterocycles. The van der Waals surface area contributed by atoms with E-state index in [1.807, 2.05) is 6.92 Å². The smallest absolute Gasteiger partial charge is 0.201 e. The van der Waals surface area contributed by atoms with Crippen molar-refractivity contribution >= 4 is 15.4 Å². The average molecular weight is 211 g/mol. The minimum Gasteiger partial charge on any atom is -0.201 e. The monoisotopic (exact) mass is 211 g/mol. The summed E-state index contributed by atoms with van der Waals surface area (Å²) in [7, 11) is 3.38. The van der Waals surface area contributed by atoms with Gasteiger partial charge in [-0.3, -0.25) is 0 Å². The summed E-state index contributed by atoms with van der Waals surface area (Å²) in [6.07, 6.45) is -0.158. The van der Waals surface area contributed by atoms with E-state index < -0.39 is 5.92 Å². The highest BCUT2D eigenvalue weighted by Gasteiger charge is 2.30. The zero-order valence-electron chi connectivity index (χ0n) is 8.62. The number of alkyl halides is 2. The number of benzene rings is 1. The maximum Gasteiger partial charge on any atom is 0.273 e. The molecule has 75 valence electrons. The first-order valence-corrected chi connectivity index (χ1v) is 5.10. The normalized spacial score (nSPS) is 11.9. The van der Waals surface area contributed by atoms with Crippen molar-refractivity contribution in [1.29, 1.82) is 0 Å². The molecule has 0 nitrogen and oxygen atoms in total. The molecule has 0 heterocycles. The van der Waals surface area contributed by atoms with E-state index in [1.54, 1.807) is 13.0 Å². The Morgan fingerprint density at radius 2 is 1.79 bits per heavy atom. The summed E-state index contributed by atoms with van der Waals surface area (Å²) in [5.41, 5.74) is 1.69. The molecule has 0 bridgehead atoms. The summed E-state index contributed by atoms with van der Waals surface area (Å²) >= 11 is 0. The summed E-state index contributed by atoms with van der Waals surface area (Å²) in [6, 6.07) is 3.17. The van der Waals surface area contributed by atoms with Gasteiger partial charge in [0, 0.05) is 12.0 Å². The van der Waals surface area contributed by atoms with Crippen LogP contribution in [0.2, 0.25) is 0 Å². The van der Waals surface area contributed by atoms with Crippen LogP contribution in [0.25, 0.3) is 0 Å². The molecular formula is C11H13F2Si. The Kier molecular flexibility index (Phi) is 3.09. The van der Waals surface area contributed by atoms with Crippen molar-refractivity contribution in [2.75, 3.05) is 0 Å². The first-order chi connectivity index (χ1) is 6.40. The van der Waals surface area contributed by atoms with Crippen LogP contribution >= 0.6 is 0 Å². The van der Waals surface area contributed by atoms with Crippen molar-refractivity contribution in [3.8, 4) is 0 Å². The van der Waals surface area contributed by atoms with Gasteiger partial charge in [0.25, 0.3) is 5.92 Å². The third kappa shape index (κ3) is 1.87. The Labute approximate surface area is 86.8 Å². The first-order valence-electron chi connectivity index (χ1n) is 4.60. The highest BCUT2D eigenvalue weighted by atomic mass is 28.1. The van der Waals surface area contributed by atoms with Gasteiger partial charge in [0.1, 0.15) is 0 Å². The van der Waals surface area contributed by atoms with Gasteiger partial charge < -0.3 is 0 Å². The maximum absolute atomic E-state index is 13.4. The number of rotatable bonds is 2. The fourth-order valence-corrected chi connectivity index (χ4v) is 1.68. The molecule has 0 aliphatic carbocycles. The largest absolute Gasteiger partial charge is 0.273 e. The molecule has 0 N–H and O–H groups in total. The Bertz CT molecular complexity index is 345. The molecule has 0 fully saturated rings. The summed E-state index contributed by atoms with van der Waals surface area (Å²) in [4.78, 5) is 0. The Balaban J connectivity index is 3.31. The molecule has 1 aromatic rings. The summed E-state index contributed by atoms with van der Waals surface area (Å²) in [5, 5.41) is 0.873. The Morgan fingerprint density at radius 3 is 2.29 bits per heavy atom. The standard InChI is InChI=1S/C11H13F2Si/c1-4-11(12,13)9-5-6-10(14)8(3)7(9)2/h5-6H,4H2,1-3H3. The van der Waals surface area contributed by atoms with Gasteiger partial charge in [0.2, 0.25) is 0 Å². The molecule has 0 spiro atoms. The van der Waals surface area contributed by atoms with Crippen molar-refractivity contribution in [3.05, 3.63) is 28.8 Å². The second kappa shape index (κ2) is 3.81. The zero-order valence-corrected chi connectivity index (χ0v) is 9.62. The van der Waals surface area contributed by atoms with E-state index in [-0.39, 0.29) is 12.0 Å². The van der Waals surface area contributed by atoms with E-state index in [1.165, 1.54) is 13.0 Å². The van der Waals surface area contributed by atoms with Crippen LogP contribution in [0.1, 0.15) is 30.0 Å². The average Bonchev–Trinajstić information content (AvgIpc) is 2.14. The van der Waals surface area contributed by atoms with E-state index in [0.717, 1.165) is 10.8 Å². The minimum atomic E-state index is -2.71. The fraction of sp³-hybridized carbons (Fsp3) is 0.455. The minimum absolute atomic E-state index is 0.138. The van der Waals surface area contributed by atoms with E-state index in [2.05, 4.69) is 10.2 Å². The number of halogens is 2. The van der Waals surface area contributed by atoms with Crippen LogP contribution in [0.4, 0.5) is 8.78 Å². The van der Waals surface area contributed by atoms with Gasteiger partial charge >= 0.3 is 0 Å². The molecule has 0 saturated carbocycles. The lowest BCUT2D eigenvalue weighted by Gasteiger charge is -2.19. The lowest BCUT2D eigenvalue weighted by Crippen LogP contribution is -2.18. The van der Waals surface area contributed by atoms with Gasteiger partial charge in [-0.15, -0.1) is 0 Å². The molecule has 0 aliphatic rings. The van der Waals surface area contributed by atoms with Crippen molar-refractivity contribution in [2.45, 2.75) is 33.1 Å². The predicted molar refractivity (Wildman–Crippen MR) is 55.5 cm³/mol. The zero-order chi connectivity index (χ0) is 10.9. The quantitative estimate of drug-likeness (QED) is 0.660. The first kappa shape index (κ1) is 11.4. The molecule has 0 saturated heterocycles. The van der Waals surface area contributed by atoms with Gasteiger partial charge in [-0.25, -0.2) is 8.78 Å². The van der Waals surface area contributed by atoms with E-state index in [0.29, 0.717) is 5.56 Å². The Hall–Kier alpha value is -0.703. The topological polar surface area (TPSA) is 0 Å². The van der Waals surface area contributed by atoms with E-state index in [9.17, 15) is 8.78 Å². The van der Waals surface area contributed by atoms with Crippen molar-refractivity contribution < 1.29 is 8.78 Å². The highest BCUT2D eigenvalue weighted by Crippen LogP contribution is 2.33. The van der Waals surface area contributed by atoms with Gasteiger partial charge in [-0.1, -0.05) is 24.2 Å². The molecule has 3 radical (unpaired) electrons. The van der Waals surface area contributed by atoms with Crippen LogP contribution in [-0.4, -0.2) is 10.2 Å². The predicted octanol–water partition coefficient (Wildman–Crippen LogP) is 2.60. The van der Waals surface area contributed by atoms with Crippen molar-refractivity contribution in [3.63, 3.8) is 0 Å². The summed E-state index contributed by atoms with van der Waals surface area (Å²) in [6.45, 7) is 5.07. The van der Waals surface area contributed by atoms with Crippen molar-refractivity contribution in [1.82, 2.24) is 0 Å². The molecule has 1 aromatic carbocycles. The third-order valence-corrected chi connectivity index (χ3v) is 3.17. The molecule has 3 heteroatoms. The van der Waals surface area contributed by atoms with Crippen LogP contribution in [-0.2, 0) is 5.92 Å². The molecule has 0 atom stereocenters. The van der Waals surface area contributed by atoms with Crippen LogP contribution in [0.15, 0.2) is 12.1 Å². The van der Waals surface area contributed by atoms with Gasteiger partial charge in [-0.05, 0) is 25.0 Å². The number of hydrogen-bond donors (Lipinski definition) is 0. The lowest BCUT2D eigenvalue weighted by molar-refractivity contribution is -0.00892. The molecule has 14 heavy (non-hydrogen) atoms. The van der Waals surface area contributed by atoms with E-state index in [4.69, 9.17) is 0 Å². The molecule has 1 rings (SSSR count). The molecule has 0 aliphatic heterocycles. The third-order valence-electron chi connectivity index (χ3n) is 2.63. The van der Waals surface area contributed by atoms with E-state index >= 15 is 0 Å².